The van der Waals surface area contributed by atoms with Crippen LogP contribution in [-0.4, -0.2) is 30.6 Å². The van der Waals surface area contributed by atoms with E-state index in [1.807, 2.05) is 0 Å². The van der Waals surface area contributed by atoms with Crippen LogP contribution in [-0.2, 0) is 0 Å². The van der Waals surface area contributed by atoms with E-state index in [-0.39, 0.29) is 0 Å². The van der Waals surface area contributed by atoms with Gasteiger partial charge in [0.1, 0.15) is 0 Å². The van der Waals surface area contributed by atoms with Gasteiger partial charge in [-0.2, -0.15) is 0 Å². The van der Waals surface area contributed by atoms with E-state index in [1.165, 1.54) is 32.2 Å². The summed E-state index contributed by atoms with van der Waals surface area (Å²) in [5, 5.41) is 0. The van der Waals surface area contributed by atoms with Crippen LogP contribution in [0.5, 0.6) is 0 Å². The van der Waals surface area contributed by atoms with Gasteiger partial charge in [0.25, 0.3) is 0 Å². The predicted molar refractivity (Wildman–Crippen MR) is 51.0 cm³/mol. The first-order chi connectivity index (χ1) is 5.74. The maximum absolute atomic E-state index is 5.75. The molecule has 0 atom stereocenters. The molecule has 1 aliphatic carbocycles. The highest BCUT2D eigenvalue weighted by Gasteiger charge is 2.38. The lowest BCUT2D eigenvalue weighted by molar-refractivity contribution is 0.0246. The Morgan fingerprint density at radius 3 is 2.42 bits per heavy atom. The molecule has 12 heavy (non-hydrogen) atoms. The Balaban J connectivity index is 1.77. The minimum atomic E-state index is 0.471. The molecule has 0 unspecified atom stereocenters. The Bertz CT molecular complexity index is 152. The van der Waals surface area contributed by atoms with Crippen molar-refractivity contribution in [2.75, 3.05) is 19.6 Å². The Hall–Kier alpha value is -0.0800. The van der Waals surface area contributed by atoms with Crippen LogP contribution in [0.3, 0.4) is 0 Å². The number of nitrogens with zero attached hydrogens (tertiary/aromatic N) is 1. The second-order valence-electron chi connectivity index (χ2n) is 4.66. The van der Waals surface area contributed by atoms with Crippen molar-refractivity contribution in [1.29, 1.82) is 0 Å². The number of rotatable bonds is 3. The summed E-state index contributed by atoms with van der Waals surface area (Å²) in [7, 11) is 0. The number of likely N-dealkylation sites (tertiary alicyclic amines) is 1. The van der Waals surface area contributed by atoms with Gasteiger partial charge in [-0.05, 0) is 24.7 Å². The fraction of sp³-hybridized carbons (Fsp3) is 1.00. The third-order valence-electron chi connectivity index (χ3n) is 3.71. The number of nitrogens with two attached hydrogens (primary N) is 1. The Morgan fingerprint density at radius 1 is 1.42 bits per heavy atom. The first-order valence-corrected chi connectivity index (χ1v) is 5.22. The Labute approximate surface area is 75.1 Å². The zero-order valence-corrected chi connectivity index (χ0v) is 8.05. The normalized spacial score (nSPS) is 29.5. The third-order valence-corrected chi connectivity index (χ3v) is 3.71. The van der Waals surface area contributed by atoms with Crippen molar-refractivity contribution < 1.29 is 0 Å². The molecule has 1 saturated heterocycles. The quantitative estimate of drug-likeness (QED) is 0.686. The van der Waals surface area contributed by atoms with E-state index in [0.29, 0.717) is 11.5 Å². The molecule has 70 valence electrons. The van der Waals surface area contributed by atoms with Gasteiger partial charge in [0.15, 0.2) is 0 Å². The highest BCUT2D eigenvalue weighted by atomic mass is 15.2. The van der Waals surface area contributed by atoms with Gasteiger partial charge in [-0.3, -0.25) is 4.90 Å². The predicted octanol–water partition coefficient (Wildman–Crippen LogP) is 1.21. The van der Waals surface area contributed by atoms with Crippen LogP contribution < -0.4 is 5.73 Å². The average molecular weight is 168 g/mol. The Kier molecular flexibility index (Phi) is 2.13. The molecule has 0 aromatic rings. The smallest absolute Gasteiger partial charge is 0.0297 e. The molecular weight excluding hydrogens is 148 g/mol. The van der Waals surface area contributed by atoms with E-state index < -0.39 is 0 Å². The first-order valence-electron chi connectivity index (χ1n) is 5.22. The highest BCUT2D eigenvalue weighted by Crippen LogP contribution is 2.44. The van der Waals surface area contributed by atoms with Crippen LogP contribution in [0.15, 0.2) is 0 Å². The van der Waals surface area contributed by atoms with Crippen molar-refractivity contribution in [3.63, 3.8) is 0 Å². The minimum Gasteiger partial charge on any atom is -0.325 e. The monoisotopic (exact) mass is 168 g/mol. The summed E-state index contributed by atoms with van der Waals surface area (Å²) in [6.07, 6.45) is 5.72. The largest absolute Gasteiger partial charge is 0.325 e. The number of hydrogen-bond acceptors (Lipinski definition) is 2. The minimum absolute atomic E-state index is 0.471. The topological polar surface area (TPSA) is 29.3 Å². The van der Waals surface area contributed by atoms with Crippen molar-refractivity contribution in [2.45, 2.75) is 38.6 Å². The molecule has 2 rings (SSSR count). The maximum Gasteiger partial charge on any atom is 0.0297 e. The first kappa shape index (κ1) is 8.52. The summed E-state index contributed by atoms with van der Waals surface area (Å²) in [5.74, 6) is 0. The summed E-state index contributed by atoms with van der Waals surface area (Å²) in [6.45, 7) is 5.93. The second kappa shape index (κ2) is 3.00. The van der Waals surface area contributed by atoms with E-state index in [0.717, 1.165) is 13.1 Å². The Morgan fingerprint density at radius 2 is 2.08 bits per heavy atom. The van der Waals surface area contributed by atoms with Gasteiger partial charge in [0.2, 0.25) is 0 Å². The van der Waals surface area contributed by atoms with E-state index in [2.05, 4.69) is 11.8 Å². The van der Waals surface area contributed by atoms with Gasteiger partial charge >= 0.3 is 0 Å². The summed E-state index contributed by atoms with van der Waals surface area (Å²) >= 11 is 0. The van der Waals surface area contributed by atoms with E-state index in [4.69, 9.17) is 5.73 Å². The van der Waals surface area contributed by atoms with Crippen molar-refractivity contribution >= 4 is 0 Å². The zero-order chi connectivity index (χ0) is 8.60. The third kappa shape index (κ3) is 1.38. The van der Waals surface area contributed by atoms with Crippen molar-refractivity contribution in [1.82, 2.24) is 4.90 Å². The molecule has 0 amide bonds. The molecule has 2 heteroatoms. The van der Waals surface area contributed by atoms with Crippen LogP contribution in [0.25, 0.3) is 0 Å². The van der Waals surface area contributed by atoms with Crippen molar-refractivity contribution in [3.05, 3.63) is 0 Å². The van der Waals surface area contributed by atoms with Gasteiger partial charge in [-0.15, -0.1) is 0 Å². The second-order valence-corrected chi connectivity index (χ2v) is 4.66. The van der Waals surface area contributed by atoms with E-state index in [9.17, 15) is 0 Å². The van der Waals surface area contributed by atoms with Gasteiger partial charge in [-0.25, -0.2) is 0 Å². The zero-order valence-electron chi connectivity index (χ0n) is 8.05. The van der Waals surface area contributed by atoms with Crippen LogP contribution in [0.1, 0.15) is 32.6 Å². The molecule has 1 aliphatic heterocycles. The lowest BCUT2D eigenvalue weighted by Crippen LogP contribution is -2.59. The summed E-state index contributed by atoms with van der Waals surface area (Å²) in [6, 6.07) is 0.471. The summed E-state index contributed by atoms with van der Waals surface area (Å²) in [5.41, 5.74) is 6.44. The van der Waals surface area contributed by atoms with Gasteiger partial charge in [-0.1, -0.05) is 13.3 Å². The van der Waals surface area contributed by atoms with E-state index >= 15 is 0 Å². The number of hydrogen-bond donors (Lipinski definition) is 1. The molecule has 2 fully saturated rings. The molecule has 1 heterocycles. The maximum atomic E-state index is 5.75. The molecule has 2 N–H and O–H groups in total. The summed E-state index contributed by atoms with van der Waals surface area (Å²) < 4.78 is 0. The van der Waals surface area contributed by atoms with E-state index in [1.54, 1.807) is 0 Å². The molecule has 0 radical (unpaired) electrons. The van der Waals surface area contributed by atoms with Crippen LogP contribution in [0.4, 0.5) is 0 Å². The lowest BCUT2D eigenvalue weighted by Gasteiger charge is -2.49. The van der Waals surface area contributed by atoms with Gasteiger partial charge in [0.05, 0.1) is 0 Å². The van der Waals surface area contributed by atoms with Crippen LogP contribution in [0, 0.1) is 5.41 Å². The van der Waals surface area contributed by atoms with Crippen molar-refractivity contribution in [3.8, 4) is 0 Å². The highest BCUT2D eigenvalue weighted by molar-refractivity contribution is 4.93. The SMILES string of the molecule is CCC1(CN2CC(N)C2)CCC1. The van der Waals surface area contributed by atoms with Crippen molar-refractivity contribution in [2.24, 2.45) is 11.1 Å². The van der Waals surface area contributed by atoms with Crippen LogP contribution in [0.2, 0.25) is 0 Å². The lowest BCUT2D eigenvalue weighted by atomic mass is 9.66. The van der Waals surface area contributed by atoms with Crippen LogP contribution >= 0.6 is 0 Å². The molecule has 2 nitrogen and oxygen atoms in total. The molecular formula is C10H20N2. The van der Waals surface area contributed by atoms with Gasteiger partial charge < -0.3 is 5.73 Å². The summed E-state index contributed by atoms with van der Waals surface area (Å²) in [4.78, 5) is 2.52. The average Bonchev–Trinajstić information content (AvgIpc) is 1.92. The molecule has 2 aliphatic rings. The van der Waals surface area contributed by atoms with Gasteiger partial charge in [0, 0.05) is 25.7 Å². The molecule has 1 saturated carbocycles. The molecule has 0 aromatic heterocycles. The molecule has 0 aromatic carbocycles. The standard InChI is InChI=1S/C10H20N2/c1-2-10(4-3-5-10)8-12-6-9(11)7-12/h9H,2-8,11H2,1H3. The fourth-order valence-corrected chi connectivity index (χ4v) is 2.51. The molecule has 0 spiro atoms. The fourth-order valence-electron chi connectivity index (χ4n) is 2.51. The molecule has 0 bridgehead atoms.